The third-order valence-electron chi connectivity index (χ3n) is 12.1. The van der Waals surface area contributed by atoms with E-state index < -0.39 is 23.9 Å². The van der Waals surface area contributed by atoms with Crippen LogP contribution in [-0.2, 0) is 0 Å². The fraction of sp³-hybridized carbons (Fsp3) is 0.115. The molecule has 0 amide bonds. The van der Waals surface area contributed by atoms with Crippen LogP contribution < -0.4 is 0 Å². The smallest absolute Gasteiger partial charge is 0.337 e. The van der Waals surface area contributed by atoms with Crippen molar-refractivity contribution in [3.63, 3.8) is 0 Å². The second-order valence-corrected chi connectivity index (χ2v) is 20.4. The molecular formula is C52H36O8S4. The van der Waals surface area contributed by atoms with E-state index in [1.165, 1.54) is 40.9 Å². The fourth-order valence-electron chi connectivity index (χ4n) is 9.48. The maximum absolute atomic E-state index is 14.4. The second kappa shape index (κ2) is 15.5. The molecule has 6 aromatic carbocycles. The van der Waals surface area contributed by atoms with Gasteiger partial charge in [0.05, 0.1) is 22.3 Å². The normalized spacial score (nSPS) is 11.9. The number of thiophene rings is 4. The van der Waals surface area contributed by atoms with Gasteiger partial charge in [-0.25, -0.2) is 19.2 Å². The zero-order valence-electron chi connectivity index (χ0n) is 34.6. The Hall–Kier alpha value is -6.70. The largest absolute Gasteiger partial charge is 0.478 e. The Morgan fingerprint density at radius 2 is 0.922 bits per heavy atom. The van der Waals surface area contributed by atoms with E-state index in [1.807, 2.05) is 105 Å². The topological polar surface area (TPSA) is 149 Å². The maximum atomic E-state index is 14.4. The third-order valence-corrected chi connectivity index (χ3v) is 16.4. The van der Waals surface area contributed by atoms with Crippen LogP contribution in [0.4, 0.5) is 0 Å². The van der Waals surface area contributed by atoms with Gasteiger partial charge < -0.3 is 20.4 Å². The number of rotatable bonds is 11. The Balaban J connectivity index is 1.55. The van der Waals surface area contributed by atoms with Crippen molar-refractivity contribution < 1.29 is 39.6 Å². The van der Waals surface area contributed by atoms with Crippen LogP contribution in [0, 0.1) is 0 Å². The van der Waals surface area contributed by atoms with Crippen LogP contribution in [0.3, 0.4) is 0 Å². The summed E-state index contributed by atoms with van der Waals surface area (Å²) in [6.07, 6.45) is 0. The number of carboxylic acid groups (broad SMARTS) is 4. The number of carbonyl (C=O) groups is 4. The first-order chi connectivity index (χ1) is 30.8. The average molecular weight is 917 g/mol. The first-order valence-electron chi connectivity index (χ1n) is 20.4. The number of benzene rings is 6. The molecule has 0 atom stereocenters. The highest BCUT2D eigenvalue weighted by molar-refractivity contribution is 7.24. The summed E-state index contributed by atoms with van der Waals surface area (Å²) in [5.74, 6) is -5.41. The van der Waals surface area contributed by atoms with Gasteiger partial charge in [0, 0.05) is 62.1 Å². The molecule has 0 aliphatic heterocycles. The summed E-state index contributed by atoms with van der Waals surface area (Å²) >= 11 is 6.08. The van der Waals surface area contributed by atoms with E-state index in [4.69, 9.17) is 0 Å². The Kier molecular flexibility index (Phi) is 10.0. The van der Waals surface area contributed by atoms with Crippen molar-refractivity contribution in [1.29, 1.82) is 0 Å². The average Bonchev–Trinajstić information content (AvgIpc) is 4.12. The quantitative estimate of drug-likeness (QED) is 0.0740. The van der Waals surface area contributed by atoms with Crippen LogP contribution in [0.15, 0.2) is 108 Å². The van der Waals surface area contributed by atoms with Crippen molar-refractivity contribution in [2.75, 3.05) is 0 Å². The van der Waals surface area contributed by atoms with Gasteiger partial charge in [0.25, 0.3) is 0 Å². The predicted molar refractivity (Wildman–Crippen MR) is 262 cm³/mol. The predicted octanol–water partition coefficient (Wildman–Crippen LogP) is 15.4. The van der Waals surface area contributed by atoms with Gasteiger partial charge in [0.1, 0.15) is 0 Å². The molecule has 4 N–H and O–H groups in total. The lowest BCUT2D eigenvalue weighted by atomic mass is 9.75. The maximum Gasteiger partial charge on any atom is 0.337 e. The SMILES string of the molecule is CC(C)c1cccc(C(C)C)c1-c1c(C(=O)O)c2c(C(=O)O)ccc3c4c(-c5ccc(-c6cccs6)s5)cc(C(=O)O)c5c(C(=O)O)ccc(c(c1-c1ccc(-c6cccs6)s1)c23)c54. The summed E-state index contributed by atoms with van der Waals surface area (Å²) in [5, 5.41) is 51.3. The van der Waals surface area contributed by atoms with Crippen LogP contribution in [0.2, 0.25) is 0 Å². The first kappa shape index (κ1) is 41.3. The second-order valence-electron chi connectivity index (χ2n) is 16.3. The van der Waals surface area contributed by atoms with Gasteiger partial charge in [-0.1, -0.05) is 70.2 Å². The minimum Gasteiger partial charge on any atom is -0.478 e. The molecule has 0 aliphatic rings. The minimum absolute atomic E-state index is 0.0260. The lowest BCUT2D eigenvalue weighted by Crippen LogP contribution is -2.12. The molecule has 10 aromatic rings. The summed E-state index contributed by atoms with van der Waals surface area (Å²) in [6, 6.07) is 29.4. The minimum atomic E-state index is -1.31. The van der Waals surface area contributed by atoms with Gasteiger partial charge in [-0.05, 0) is 121 Å². The lowest BCUT2D eigenvalue weighted by molar-refractivity contribution is 0.0681. The van der Waals surface area contributed by atoms with Gasteiger partial charge >= 0.3 is 23.9 Å². The highest BCUT2D eigenvalue weighted by atomic mass is 32.1. The fourth-order valence-corrected chi connectivity index (χ4v) is 13.2. The van der Waals surface area contributed by atoms with Gasteiger partial charge in [0.15, 0.2) is 0 Å². The molecule has 0 radical (unpaired) electrons. The van der Waals surface area contributed by atoms with Gasteiger partial charge in [-0.3, -0.25) is 0 Å². The number of fused-ring (bicyclic) bond motifs is 2. The van der Waals surface area contributed by atoms with Crippen molar-refractivity contribution in [2.24, 2.45) is 0 Å². The number of hydrogen-bond acceptors (Lipinski definition) is 8. The zero-order chi connectivity index (χ0) is 44.9. The van der Waals surface area contributed by atoms with E-state index in [-0.39, 0.29) is 44.9 Å². The van der Waals surface area contributed by atoms with Crippen LogP contribution in [-0.4, -0.2) is 44.3 Å². The van der Waals surface area contributed by atoms with E-state index in [9.17, 15) is 39.6 Å². The van der Waals surface area contributed by atoms with Crippen molar-refractivity contribution in [3.8, 4) is 51.5 Å². The molecule has 0 spiro atoms. The van der Waals surface area contributed by atoms with E-state index in [2.05, 4.69) is 0 Å². The molecule has 4 heterocycles. The van der Waals surface area contributed by atoms with E-state index in [0.29, 0.717) is 64.3 Å². The first-order valence-corrected chi connectivity index (χ1v) is 23.8. The molecular weight excluding hydrogens is 881 g/mol. The van der Waals surface area contributed by atoms with Crippen molar-refractivity contribution in [3.05, 3.63) is 141 Å². The monoisotopic (exact) mass is 916 g/mol. The number of hydrogen-bond donors (Lipinski definition) is 4. The molecule has 0 bridgehead atoms. The Morgan fingerprint density at radius 3 is 1.44 bits per heavy atom. The van der Waals surface area contributed by atoms with Crippen LogP contribution in [0.25, 0.3) is 94.6 Å². The Morgan fingerprint density at radius 1 is 0.422 bits per heavy atom. The van der Waals surface area contributed by atoms with Gasteiger partial charge in [-0.15, -0.1) is 45.3 Å². The van der Waals surface area contributed by atoms with E-state index in [1.54, 1.807) is 34.8 Å². The van der Waals surface area contributed by atoms with Crippen molar-refractivity contribution in [2.45, 2.75) is 39.5 Å². The standard InChI is InChI=1S/C52H36O8S4/c1-23(2)25-8-5-9-26(24(3)4)39(25)47-46(38-19-18-37(64-38)35-11-7-21-62-35)44-28-13-14-29(49(53)54)41-32(51(57)58)22-31(33-16-17-36(63-33)34-10-6-20-61-34)40(42(28)41)27-12-15-30(50(55)56)45(43(27)44)48(47)52(59)60/h5-24H,1-4H3,(H,53,54)(H,55,56)(H,57,58)(H,59,60). The number of aromatic carboxylic acids is 4. The molecule has 12 heteroatoms. The van der Waals surface area contributed by atoms with E-state index >= 15 is 0 Å². The molecule has 0 unspecified atom stereocenters. The van der Waals surface area contributed by atoms with Gasteiger partial charge in [0.2, 0.25) is 0 Å². The molecule has 0 saturated carbocycles. The zero-order valence-corrected chi connectivity index (χ0v) is 37.9. The molecule has 4 aromatic heterocycles. The molecule has 0 aliphatic carbocycles. The van der Waals surface area contributed by atoms with Gasteiger partial charge in [-0.2, -0.15) is 0 Å². The summed E-state index contributed by atoms with van der Waals surface area (Å²) < 4.78 is 0. The van der Waals surface area contributed by atoms with Crippen LogP contribution >= 0.6 is 45.3 Å². The van der Waals surface area contributed by atoms with Crippen molar-refractivity contribution >= 4 is 112 Å². The van der Waals surface area contributed by atoms with Crippen molar-refractivity contribution in [1.82, 2.24) is 0 Å². The van der Waals surface area contributed by atoms with Crippen LogP contribution in [0.5, 0.6) is 0 Å². The molecule has 64 heavy (non-hydrogen) atoms. The Labute approximate surface area is 381 Å². The molecule has 10 rings (SSSR count). The summed E-state index contributed by atoms with van der Waals surface area (Å²) in [5.41, 5.74) is 3.08. The highest BCUT2D eigenvalue weighted by Gasteiger charge is 2.35. The van der Waals surface area contributed by atoms with E-state index in [0.717, 1.165) is 30.6 Å². The lowest BCUT2D eigenvalue weighted by Gasteiger charge is -2.28. The molecule has 8 nitrogen and oxygen atoms in total. The summed E-state index contributed by atoms with van der Waals surface area (Å²) in [4.78, 5) is 60.0. The molecule has 0 saturated heterocycles. The number of carboxylic acids is 4. The highest BCUT2D eigenvalue weighted by Crippen LogP contribution is 2.56. The third kappa shape index (κ3) is 6.27. The summed E-state index contributed by atoms with van der Waals surface area (Å²) in [7, 11) is 0. The Bertz CT molecular complexity index is 3540. The van der Waals surface area contributed by atoms with Crippen LogP contribution in [0.1, 0.15) is 92.1 Å². The summed E-state index contributed by atoms with van der Waals surface area (Å²) in [6.45, 7) is 8.18. The molecule has 0 fully saturated rings. The molecule has 316 valence electrons.